The third-order valence-electron chi connectivity index (χ3n) is 2.30. The van der Waals surface area contributed by atoms with Crippen molar-refractivity contribution in [2.75, 3.05) is 23.7 Å². The molecule has 0 spiro atoms. The Morgan fingerprint density at radius 1 is 1.47 bits per heavy atom. The van der Waals surface area contributed by atoms with Crippen LogP contribution in [0.5, 0.6) is 0 Å². The van der Waals surface area contributed by atoms with Gasteiger partial charge in [0.15, 0.2) is 0 Å². The number of nitrogen functional groups attached to an aromatic ring is 1. The molecule has 17 heavy (non-hydrogen) atoms. The second kappa shape index (κ2) is 6.13. The number of nitrogens with two attached hydrogens (primary N) is 1. The zero-order chi connectivity index (χ0) is 12.8. The van der Waals surface area contributed by atoms with Gasteiger partial charge in [-0.2, -0.15) is 0 Å². The number of ether oxygens (including phenoxy) is 1. The minimum atomic E-state index is -0.218. The van der Waals surface area contributed by atoms with E-state index >= 15 is 0 Å². The highest BCUT2D eigenvalue weighted by molar-refractivity contribution is 5.76. The molecule has 94 valence electrons. The number of likely N-dealkylation sites (N-methyl/N-ethyl adjacent to an activating group) is 1. The molecule has 0 fully saturated rings. The minimum Gasteiger partial charge on any atom is -0.462 e. The van der Waals surface area contributed by atoms with Gasteiger partial charge in [-0.05, 0) is 39.0 Å². The molecule has 0 aliphatic heterocycles. The summed E-state index contributed by atoms with van der Waals surface area (Å²) < 4.78 is 5.12. The van der Waals surface area contributed by atoms with Crippen LogP contribution in [0.15, 0.2) is 24.3 Å². The van der Waals surface area contributed by atoms with Crippen molar-refractivity contribution in [3.63, 3.8) is 0 Å². The van der Waals surface area contributed by atoms with Crippen LogP contribution in [0.4, 0.5) is 11.4 Å². The maximum absolute atomic E-state index is 11.6. The van der Waals surface area contributed by atoms with Gasteiger partial charge < -0.3 is 15.4 Å². The average Bonchev–Trinajstić information content (AvgIpc) is 2.24. The molecular weight excluding hydrogens is 216 g/mol. The largest absolute Gasteiger partial charge is 0.462 e. The average molecular weight is 236 g/mol. The minimum absolute atomic E-state index is 0.0814. The molecule has 0 bridgehead atoms. The molecule has 0 radical (unpaired) electrons. The summed E-state index contributed by atoms with van der Waals surface area (Å²) in [7, 11) is 0. The number of carbonyl (C=O) groups is 1. The van der Waals surface area contributed by atoms with Crippen molar-refractivity contribution in [1.29, 1.82) is 0 Å². The first-order valence-corrected chi connectivity index (χ1v) is 5.83. The van der Waals surface area contributed by atoms with E-state index in [1.165, 1.54) is 0 Å². The van der Waals surface area contributed by atoms with E-state index in [1.54, 1.807) is 0 Å². The Balaban J connectivity index is 2.69. The summed E-state index contributed by atoms with van der Waals surface area (Å²) in [4.78, 5) is 13.5. The van der Waals surface area contributed by atoms with Crippen molar-refractivity contribution < 1.29 is 9.53 Å². The molecular formula is C13H20N2O2. The van der Waals surface area contributed by atoms with E-state index in [1.807, 2.05) is 49.9 Å². The number of carbonyl (C=O) groups excluding carboxylic acids is 1. The van der Waals surface area contributed by atoms with Gasteiger partial charge in [0.25, 0.3) is 0 Å². The van der Waals surface area contributed by atoms with Crippen LogP contribution in [0.1, 0.15) is 20.8 Å². The zero-order valence-corrected chi connectivity index (χ0v) is 10.6. The van der Waals surface area contributed by atoms with Crippen LogP contribution in [0.3, 0.4) is 0 Å². The molecule has 0 amide bonds. The van der Waals surface area contributed by atoms with Crippen LogP contribution in [-0.2, 0) is 9.53 Å². The molecule has 0 heterocycles. The second-order valence-electron chi connectivity index (χ2n) is 4.15. The Hall–Kier alpha value is -1.71. The van der Waals surface area contributed by atoms with E-state index in [0.717, 1.165) is 12.2 Å². The van der Waals surface area contributed by atoms with Crippen LogP contribution in [0.2, 0.25) is 0 Å². The molecule has 0 aromatic heterocycles. The highest BCUT2D eigenvalue weighted by atomic mass is 16.5. The number of hydrogen-bond donors (Lipinski definition) is 1. The molecule has 1 aromatic carbocycles. The van der Waals surface area contributed by atoms with Crippen molar-refractivity contribution in [2.24, 2.45) is 0 Å². The number of nitrogens with zero attached hydrogens (tertiary/aromatic N) is 1. The molecule has 4 heteroatoms. The lowest BCUT2D eigenvalue weighted by molar-refractivity contribution is -0.145. The van der Waals surface area contributed by atoms with E-state index in [-0.39, 0.29) is 18.6 Å². The van der Waals surface area contributed by atoms with Gasteiger partial charge in [0.1, 0.15) is 6.54 Å². The molecule has 2 N–H and O–H groups in total. The molecule has 0 saturated heterocycles. The lowest BCUT2D eigenvalue weighted by Crippen LogP contribution is -2.31. The van der Waals surface area contributed by atoms with Crippen LogP contribution in [0, 0.1) is 0 Å². The van der Waals surface area contributed by atoms with Gasteiger partial charge in [0.05, 0.1) is 6.10 Å². The standard InChI is InChI=1S/C13H20N2O2/c1-4-15(9-13(16)17-10(2)3)12-7-5-6-11(14)8-12/h5-8,10H,4,9,14H2,1-3H3. The monoisotopic (exact) mass is 236 g/mol. The highest BCUT2D eigenvalue weighted by Crippen LogP contribution is 2.17. The Bertz CT molecular complexity index is 377. The SMILES string of the molecule is CCN(CC(=O)OC(C)C)c1cccc(N)c1. The molecule has 0 unspecified atom stereocenters. The fourth-order valence-corrected chi connectivity index (χ4v) is 1.56. The predicted molar refractivity (Wildman–Crippen MR) is 70.0 cm³/mol. The van der Waals surface area contributed by atoms with Crippen molar-refractivity contribution in [2.45, 2.75) is 26.9 Å². The Kier molecular flexibility index (Phi) is 4.82. The number of esters is 1. The quantitative estimate of drug-likeness (QED) is 0.628. The summed E-state index contributed by atoms with van der Waals surface area (Å²) >= 11 is 0. The van der Waals surface area contributed by atoms with E-state index < -0.39 is 0 Å². The number of rotatable bonds is 5. The Morgan fingerprint density at radius 2 is 2.18 bits per heavy atom. The van der Waals surface area contributed by atoms with Crippen LogP contribution in [0.25, 0.3) is 0 Å². The normalized spacial score (nSPS) is 10.4. The summed E-state index contributed by atoms with van der Waals surface area (Å²) in [5.74, 6) is -0.218. The van der Waals surface area contributed by atoms with Gasteiger partial charge in [-0.15, -0.1) is 0 Å². The highest BCUT2D eigenvalue weighted by Gasteiger charge is 2.12. The zero-order valence-electron chi connectivity index (χ0n) is 10.6. The lowest BCUT2D eigenvalue weighted by atomic mass is 10.2. The Morgan fingerprint density at radius 3 is 2.71 bits per heavy atom. The molecule has 0 saturated carbocycles. The van der Waals surface area contributed by atoms with Gasteiger partial charge in [-0.3, -0.25) is 4.79 Å². The number of anilines is 2. The second-order valence-corrected chi connectivity index (χ2v) is 4.15. The number of benzene rings is 1. The third kappa shape index (κ3) is 4.34. The molecule has 1 aromatic rings. The summed E-state index contributed by atoms with van der Waals surface area (Å²) in [5, 5.41) is 0. The first-order valence-electron chi connectivity index (χ1n) is 5.83. The fourth-order valence-electron chi connectivity index (χ4n) is 1.56. The van der Waals surface area contributed by atoms with Gasteiger partial charge in [0, 0.05) is 17.9 Å². The summed E-state index contributed by atoms with van der Waals surface area (Å²) in [6, 6.07) is 7.49. The van der Waals surface area contributed by atoms with Gasteiger partial charge in [0.2, 0.25) is 0 Å². The van der Waals surface area contributed by atoms with Crippen molar-refractivity contribution in [3.05, 3.63) is 24.3 Å². The van der Waals surface area contributed by atoms with Gasteiger partial charge >= 0.3 is 5.97 Å². The van der Waals surface area contributed by atoms with E-state index in [4.69, 9.17) is 10.5 Å². The Labute approximate surface area is 102 Å². The van der Waals surface area contributed by atoms with Crippen LogP contribution in [-0.4, -0.2) is 25.2 Å². The van der Waals surface area contributed by atoms with Crippen molar-refractivity contribution in [3.8, 4) is 0 Å². The van der Waals surface area contributed by atoms with Crippen molar-refractivity contribution in [1.82, 2.24) is 0 Å². The smallest absolute Gasteiger partial charge is 0.325 e. The predicted octanol–water partition coefficient (Wildman–Crippen LogP) is 2.05. The molecule has 1 rings (SSSR count). The summed E-state index contributed by atoms with van der Waals surface area (Å²) in [5.41, 5.74) is 7.35. The van der Waals surface area contributed by atoms with E-state index in [9.17, 15) is 4.79 Å². The van der Waals surface area contributed by atoms with E-state index in [0.29, 0.717) is 5.69 Å². The molecule has 0 aliphatic carbocycles. The van der Waals surface area contributed by atoms with Crippen LogP contribution < -0.4 is 10.6 Å². The fraction of sp³-hybridized carbons (Fsp3) is 0.462. The van der Waals surface area contributed by atoms with Crippen LogP contribution >= 0.6 is 0 Å². The molecule has 0 atom stereocenters. The maximum atomic E-state index is 11.6. The maximum Gasteiger partial charge on any atom is 0.325 e. The first-order chi connectivity index (χ1) is 8.02. The lowest BCUT2D eigenvalue weighted by Gasteiger charge is -2.22. The topological polar surface area (TPSA) is 55.6 Å². The summed E-state index contributed by atoms with van der Waals surface area (Å²) in [6.07, 6.45) is -0.0814. The molecule has 4 nitrogen and oxygen atoms in total. The third-order valence-corrected chi connectivity index (χ3v) is 2.30. The van der Waals surface area contributed by atoms with Gasteiger partial charge in [-0.1, -0.05) is 6.07 Å². The van der Waals surface area contributed by atoms with Crippen molar-refractivity contribution >= 4 is 17.3 Å². The number of hydrogen-bond acceptors (Lipinski definition) is 4. The molecule has 0 aliphatic rings. The van der Waals surface area contributed by atoms with Gasteiger partial charge in [-0.25, -0.2) is 0 Å². The first kappa shape index (κ1) is 13.4. The summed E-state index contributed by atoms with van der Waals surface area (Å²) in [6.45, 7) is 6.66. The van der Waals surface area contributed by atoms with E-state index in [2.05, 4.69) is 0 Å².